The summed E-state index contributed by atoms with van der Waals surface area (Å²) in [5.74, 6) is 1.30. The number of nitrogens with two attached hydrogens (primary N) is 1. The average molecular weight is 496 g/mol. The predicted octanol–water partition coefficient (Wildman–Crippen LogP) is 4.57. The normalized spacial score (nSPS) is 11.2. The van der Waals surface area contributed by atoms with E-state index in [1.54, 1.807) is 0 Å². The fourth-order valence-corrected chi connectivity index (χ4v) is 2.71. The number of hydrogen-bond acceptors (Lipinski definition) is 3. The molecule has 0 fully saturated rings. The molecule has 0 spiro atoms. The molecule has 5 nitrogen and oxygen atoms in total. The monoisotopic (exact) mass is 496 g/mol. The molecule has 2 aromatic carbocycles. The molecule has 6 heteroatoms. The predicted molar refractivity (Wildman–Crippen MR) is 130 cm³/mol. The summed E-state index contributed by atoms with van der Waals surface area (Å²) in [6.07, 6.45) is 0. The maximum atomic E-state index is 6.00. The Morgan fingerprint density at radius 1 is 1.04 bits per heavy atom. The van der Waals surface area contributed by atoms with Crippen LogP contribution in [0.5, 0.6) is 5.75 Å². The Hall–Kier alpha value is -1.80. The second-order valence-corrected chi connectivity index (χ2v) is 6.64. The molecule has 3 N–H and O–H groups in total. The minimum Gasteiger partial charge on any atom is -0.492 e. The molecule has 0 aliphatic rings. The number of aryl methyl sites for hydroxylation is 2. The van der Waals surface area contributed by atoms with Gasteiger partial charge in [-0.3, -0.25) is 0 Å². The van der Waals surface area contributed by atoms with Crippen molar-refractivity contribution < 1.29 is 4.74 Å². The quantitative estimate of drug-likeness (QED) is 0.304. The van der Waals surface area contributed by atoms with Crippen LogP contribution in [0.4, 0.5) is 5.69 Å². The molecule has 0 unspecified atom stereocenters. The van der Waals surface area contributed by atoms with Crippen LogP contribution in [0.25, 0.3) is 0 Å². The summed E-state index contributed by atoms with van der Waals surface area (Å²) in [7, 11) is 0. The number of nitrogens with zero attached hydrogens (tertiary/aromatic N) is 2. The molecular formula is C22H33IN4O. The first-order valence-corrected chi connectivity index (χ1v) is 9.60. The Balaban J connectivity index is 0.00000392. The Morgan fingerprint density at radius 3 is 2.32 bits per heavy atom. The fourth-order valence-electron chi connectivity index (χ4n) is 2.71. The van der Waals surface area contributed by atoms with Gasteiger partial charge in [0.25, 0.3) is 0 Å². The van der Waals surface area contributed by atoms with Crippen LogP contribution >= 0.6 is 24.0 Å². The molecular weight excluding hydrogens is 463 g/mol. The van der Waals surface area contributed by atoms with Gasteiger partial charge in [-0.25, -0.2) is 4.99 Å². The van der Waals surface area contributed by atoms with Gasteiger partial charge < -0.3 is 20.7 Å². The summed E-state index contributed by atoms with van der Waals surface area (Å²) in [6, 6.07) is 14.2. The van der Waals surface area contributed by atoms with Crippen molar-refractivity contribution in [2.45, 2.75) is 34.2 Å². The van der Waals surface area contributed by atoms with E-state index in [9.17, 15) is 0 Å². The Labute approximate surface area is 186 Å². The van der Waals surface area contributed by atoms with E-state index in [0.717, 1.165) is 36.6 Å². The molecule has 0 amide bonds. The molecule has 0 atom stereocenters. The molecule has 2 aromatic rings. The van der Waals surface area contributed by atoms with Crippen molar-refractivity contribution >= 4 is 35.6 Å². The van der Waals surface area contributed by atoms with Crippen LogP contribution in [0.1, 0.15) is 30.5 Å². The number of hydrogen-bond donors (Lipinski definition) is 2. The van der Waals surface area contributed by atoms with Crippen molar-refractivity contribution in [1.29, 1.82) is 0 Å². The highest BCUT2D eigenvalue weighted by Gasteiger charge is 2.01. The van der Waals surface area contributed by atoms with E-state index < -0.39 is 0 Å². The van der Waals surface area contributed by atoms with Gasteiger partial charge in [-0.15, -0.1) is 24.0 Å². The first kappa shape index (κ1) is 24.2. The number of halogens is 1. The van der Waals surface area contributed by atoms with Gasteiger partial charge in [-0.2, -0.15) is 0 Å². The summed E-state index contributed by atoms with van der Waals surface area (Å²) in [5, 5.41) is 3.14. The smallest absolute Gasteiger partial charge is 0.193 e. The molecule has 0 aliphatic carbocycles. The van der Waals surface area contributed by atoms with Crippen molar-refractivity contribution in [2.75, 3.05) is 31.6 Å². The molecule has 0 radical (unpaired) electrons. The lowest BCUT2D eigenvalue weighted by Gasteiger charge is -2.18. The Morgan fingerprint density at radius 2 is 1.71 bits per heavy atom. The lowest BCUT2D eigenvalue weighted by Crippen LogP contribution is -2.27. The van der Waals surface area contributed by atoms with Gasteiger partial charge in [-0.05, 0) is 67.9 Å². The summed E-state index contributed by atoms with van der Waals surface area (Å²) in [4.78, 5) is 6.76. The number of rotatable bonds is 9. The first-order chi connectivity index (χ1) is 13.0. The maximum Gasteiger partial charge on any atom is 0.193 e. The lowest BCUT2D eigenvalue weighted by molar-refractivity contribution is 0.223. The molecule has 0 bridgehead atoms. The zero-order chi connectivity index (χ0) is 19.6. The molecule has 28 heavy (non-hydrogen) atoms. The number of ether oxygens (including phenoxy) is 1. The summed E-state index contributed by atoms with van der Waals surface area (Å²) in [6.45, 7) is 12.8. The minimum atomic E-state index is 0. The third-order valence-electron chi connectivity index (χ3n) is 4.71. The molecule has 0 aromatic heterocycles. The molecule has 0 saturated carbocycles. The van der Waals surface area contributed by atoms with Gasteiger partial charge in [-0.1, -0.05) is 32.0 Å². The van der Waals surface area contributed by atoms with Crippen molar-refractivity contribution in [3.63, 3.8) is 0 Å². The molecule has 0 heterocycles. The second-order valence-electron chi connectivity index (χ2n) is 6.64. The number of benzene rings is 2. The van der Waals surface area contributed by atoms with Gasteiger partial charge in [0.15, 0.2) is 5.96 Å². The van der Waals surface area contributed by atoms with Crippen LogP contribution in [0.2, 0.25) is 0 Å². The van der Waals surface area contributed by atoms with E-state index in [1.165, 1.54) is 11.1 Å². The second kappa shape index (κ2) is 12.6. The van der Waals surface area contributed by atoms with Gasteiger partial charge in [0.05, 0.1) is 6.54 Å². The number of nitrogens with one attached hydrogen (secondary N) is 1. The third kappa shape index (κ3) is 8.06. The van der Waals surface area contributed by atoms with Crippen LogP contribution in [0, 0.1) is 13.8 Å². The van der Waals surface area contributed by atoms with Crippen molar-refractivity contribution in [3.05, 3.63) is 59.2 Å². The van der Waals surface area contributed by atoms with Crippen LogP contribution in [0.15, 0.2) is 47.5 Å². The fraction of sp³-hybridized carbons (Fsp3) is 0.409. The largest absolute Gasteiger partial charge is 0.492 e. The first-order valence-electron chi connectivity index (χ1n) is 9.60. The zero-order valence-corrected chi connectivity index (χ0v) is 19.7. The Kier molecular flexibility index (Phi) is 10.9. The van der Waals surface area contributed by atoms with E-state index in [0.29, 0.717) is 19.1 Å². The standard InChI is InChI=1S/C22H32N4O.HI/c1-5-26(6-2)13-14-27-21-11-8-19(9-12-21)16-24-22(23)25-20-10-7-17(3)18(4)15-20;/h7-12,15H,5-6,13-14,16H2,1-4H3,(H3,23,24,25);1H. The van der Waals surface area contributed by atoms with Crippen molar-refractivity contribution in [2.24, 2.45) is 10.7 Å². The minimum absolute atomic E-state index is 0. The van der Waals surface area contributed by atoms with Gasteiger partial charge in [0.2, 0.25) is 0 Å². The van der Waals surface area contributed by atoms with E-state index in [4.69, 9.17) is 10.5 Å². The Bertz CT molecular complexity index is 743. The SMILES string of the molecule is CCN(CC)CCOc1ccc(CN=C(N)Nc2ccc(C)c(C)c2)cc1.I. The number of likely N-dealkylation sites (N-methyl/N-ethyl adjacent to an activating group) is 1. The average Bonchev–Trinajstić information content (AvgIpc) is 2.67. The highest BCUT2D eigenvalue weighted by molar-refractivity contribution is 14.0. The summed E-state index contributed by atoms with van der Waals surface area (Å²) >= 11 is 0. The van der Waals surface area contributed by atoms with Crippen LogP contribution < -0.4 is 15.8 Å². The molecule has 0 saturated heterocycles. The number of aliphatic imine (C=N–C) groups is 1. The lowest BCUT2D eigenvalue weighted by atomic mass is 10.1. The van der Waals surface area contributed by atoms with Gasteiger partial charge in [0.1, 0.15) is 12.4 Å². The molecule has 2 rings (SSSR count). The molecule has 0 aliphatic heterocycles. The van der Waals surface area contributed by atoms with Crippen molar-refractivity contribution in [3.8, 4) is 5.75 Å². The molecule has 154 valence electrons. The highest BCUT2D eigenvalue weighted by atomic mass is 127. The van der Waals surface area contributed by atoms with E-state index in [2.05, 4.69) is 55.0 Å². The van der Waals surface area contributed by atoms with Crippen molar-refractivity contribution in [1.82, 2.24) is 4.90 Å². The van der Waals surface area contributed by atoms with Crippen LogP contribution in [0.3, 0.4) is 0 Å². The third-order valence-corrected chi connectivity index (χ3v) is 4.71. The number of anilines is 1. The maximum absolute atomic E-state index is 6.00. The van der Waals surface area contributed by atoms with E-state index in [1.807, 2.05) is 30.3 Å². The summed E-state index contributed by atoms with van der Waals surface area (Å²) in [5.41, 5.74) is 10.5. The number of guanidine groups is 1. The van der Waals surface area contributed by atoms with Gasteiger partial charge in [0, 0.05) is 12.2 Å². The van der Waals surface area contributed by atoms with E-state index >= 15 is 0 Å². The topological polar surface area (TPSA) is 62.9 Å². The summed E-state index contributed by atoms with van der Waals surface area (Å²) < 4.78 is 5.81. The van der Waals surface area contributed by atoms with Crippen LogP contribution in [-0.4, -0.2) is 37.1 Å². The highest BCUT2D eigenvalue weighted by Crippen LogP contribution is 2.15. The van der Waals surface area contributed by atoms with E-state index in [-0.39, 0.29) is 24.0 Å². The van der Waals surface area contributed by atoms with Gasteiger partial charge >= 0.3 is 0 Å². The van der Waals surface area contributed by atoms with Crippen LogP contribution in [-0.2, 0) is 6.54 Å². The zero-order valence-electron chi connectivity index (χ0n) is 17.4.